The summed E-state index contributed by atoms with van der Waals surface area (Å²) in [5.41, 5.74) is 1.49. The predicted molar refractivity (Wildman–Crippen MR) is 142 cm³/mol. The molecule has 1 N–H and O–H groups in total. The molecule has 2 unspecified atom stereocenters. The number of nitriles is 2. The summed E-state index contributed by atoms with van der Waals surface area (Å²) in [7, 11) is 0. The van der Waals surface area contributed by atoms with E-state index in [-0.39, 0.29) is 12.2 Å². The lowest BCUT2D eigenvalue weighted by Crippen LogP contribution is -2.46. The molecule has 2 aromatic carbocycles. The van der Waals surface area contributed by atoms with E-state index < -0.39 is 23.5 Å². The van der Waals surface area contributed by atoms with E-state index >= 15 is 0 Å². The summed E-state index contributed by atoms with van der Waals surface area (Å²) in [6.07, 6.45) is -0.108. The van der Waals surface area contributed by atoms with Crippen molar-refractivity contribution in [3.8, 4) is 17.8 Å². The molecule has 3 heterocycles. The smallest absolute Gasteiger partial charge is 0.379 e. The molecule has 4 aromatic rings. The number of nitrogens with zero attached hydrogens (tertiary/aromatic N) is 9. The van der Waals surface area contributed by atoms with Crippen molar-refractivity contribution < 1.29 is 18.3 Å². The Hall–Kier alpha value is -4.30. The monoisotopic (exact) mass is 563 g/mol. The molecule has 1 fully saturated rings. The Bertz CT molecular complexity index is 1610. The second kappa shape index (κ2) is 11.7. The third kappa shape index (κ3) is 6.38. The van der Waals surface area contributed by atoms with Gasteiger partial charge in [0.2, 0.25) is 0 Å². The largest absolute Gasteiger partial charge is 0.417 e. The molecule has 1 aliphatic rings. The molecule has 2 atom stereocenters. The van der Waals surface area contributed by atoms with E-state index in [2.05, 4.69) is 30.8 Å². The molecule has 212 valence electrons. The van der Waals surface area contributed by atoms with Gasteiger partial charge in [0.15, 0.2) is 0 Å². The lowest BCUT2D eigenvalue weighted by atomic mass is 9.98. The zero-order valence-electron chi connectivity index (χ0n) is 22.3. The van der Waals surface area contributed by atoms with Gasteiger partial charge in [-0.1, -0.05) is 5.21 Å². The summed E-state index contributed by atoms with van der Waals surface area (Å²) in [6.45, 7) is 4.80. The summed E-state index contributed by atoms with van der Waals surface area (Å²) in [5.74, 6) is 0.350. The molecular formula is C28H28F3N9O. The topological polar surface area (TPSA) is 123 Å². The Kier molecular flexibility index (Phi) is 8.03. The van der Waals surface area contributed by atoms with Crippen LogP contribution in [0.5, 0.6) is 0 Å². The van der Waals surface area contributed by atoms with Crippen molar-refractivity contribution in [1.29, 1.82) is 10.5 Å². The summed E-state index contributed by atoms with van der Waals surface area (Å²) < 4.78 is 43.5. The molecule has 0 saturated carbocycles. The van der Waals surface area contributed by atoms with Gasteiger partial charge in [0, 0.05) is 19.6 Å². The fourth-order valence-electron chi connectivity index (χ4n) is 5.25. The van der Waals surface area contributed by atoms with Crippen LogP contribution in [-0.4, -0.2) is 65.4 Å². The van der Waals surface area contributed by atoms with E-state index in [9.17, 15) is 23.5 Å². The van der Waals surface area contributed by atoms with Gasteiger partial charge in [-0.15, -0.1) is 5.10 Å². The first-order valence-electron chi connectivity index (χ1n) is 13.2. The van der Waals surface area contributed by atoms with E-state index in [1.54, 1.807) is 19.1 Å². The Morgan fingerprint density at radius 2 is 2.00 bits per heavy atom. The van der Waals surface area contributed by atoms with Crippen molar-refractivity contribution in [3.63, 3.8) is 0 Å². The molecule has 0 bridgehead atoms. The van der Waals surface area contributed by atoms with Gasteiger partial charge in [0.05, 0.1) is 70.4 Å². The van der Waals surface area contributed by atoms with Gasteiger partial charge in [0.1, 0.15) is 6.23 Å². The summed E-state index contributed by atoms with van der Waals surface area (Å²) in [6, 6.07) is 12.6. The molecule has 41 heavy (non-hydrogen) atoms. The van der Waals surface area contributed by atoms with Crippen molar-refractivity contribution in [3.05, 3.63) is 71.3 Å². The number of aromatic nitrogens is 5. The molecule has 2 aromatic heterocycles. The lowest BCUT2D eigenvalue weighted by Gasteiger charge is -2.37. The number of fused-ring (bicyclic) bond motifs is 1. The molecule has 0 aliphatic carbocycles. The van der Waals surface area contributed by atoms with E-state index in [1.807, 2.05) is 23.4 Å². The predicted octanol–water partition coefficient (Wildman–Crippen LogP) is 3.89. The number of imidazole rings is 1. The summed E-state index contributed by atoms with van der Waals surface area (Å²) >= 11 is 0. The summed E-state index contributed by atoms with van der Waals surface area (Å²) in [4.78, 5) is 8.55. The molecule has 5 rings (SSSR count). The Labute approximate surface area is 234 Å². The molecule has 10 nitrogen and oxygen atoms in total. The number of alkyl halides is 3. The van der Waals surface area contributed by atoms with Crippen LogP contribution in [-0.2, 0) is 19.3 Å². The molecule has 0 radical (unpaired) electrons. The van der Waals surface area contributed by atoms with Crippen LogP contribution in [0.25, 0.3) is 16.7 Å². The van der Waals surface area contributed by atoms with Crippen molar-refractivity contribution in [1.82, 2.24) is 34.3 Å². The number of hydrogen-bond donors (Lipinski definition) is 1. The lowest BCUT2D eigenvalue weighted by molar-refractivity contribution is -0.137. The SMILES string of the molecule is CC(O)N(Cc1cn(-c2ccc(C#N)c(C(F)(F)F)c2)nn1)CN1CCCC(Cn2cnc3ccc(C#N)cc32)C1. The molecule has 1 saturated heterocycles. The van der Waals surface area contributed by atoms with Crippen LogP contribution in [0.15, 0.2) is 48.9 Å². The fourth-order valence-corrected chi connectivity index (χ4v) is 5.25. The van der Waals surface area contributed by atoms with Gasteiger partial charge in [-0.2, -0.15) is 23.7 Å². The number of halogens is 3. The first-order valence-corrected chi connectivity index (χ1v) is 13.2. The van der Waals surface area contributed by atoms with Crippen LogP contribution < -0.4 is 0 Å². The fraction of sp³-hybridized carbons (Fsp3) is 0.393. The maximum atomic E-state index is 13.4. The van der Waals surface area contributed by atoms with Crippen LogP contribution >= 0.6 is 0 Å². The molecule has 0 amide bonds. The number of likely N-dealkylation sites (tertiary alicyclic amines) is 1. The van der Waals surface area contributed by atoms with E-state index in [0.717, 1.165) is 55.6 Å². The maximum absolute atomic E-state index is 13.4. The van der Waals surface area contributed by atoms with Gasteiger partial charge < -0.3 is 9.67 Å². The first kappa shape index (κ1) is 28.2. The summed E-state index contributed by atoms with van der Waals surface area (Å²) in [5, 5.41) is 36.9. The number of aliphatic hydroxyl groups excluding tert-OH is 1. The Morgan fingerprint density at radius 1 is 1.17 bits per heavy atom. The third-order valence-electron chi connectivity index (χ3n) is 7.32. The average Bonchev–Trinajstić information content (AvgIpc) is 3.59. The van der Waals surface area contributed by atoms with Crippen LogP contribution in [0.1, 0.15) is 42.1 Å². The highest BCUT2D eigenvalue weighted by molar-refractivity contribution is 5.76. The third-order valence-corrected chi connectivity index (χ3v) is 7.32. The zero-order chi connectivity index (χ0) is 29.1. The van der Waals surface area contributed by atoms with Crippen molar-refractivity contribution in [2.45, 2.75) is 45.3 Å². The normalized spacial score (nSPS) is 17.0. The minimum atomic E-state index is -4.68. The van der Waals surface area contributed by atoms with Crippen LogP contribution in [0.4, 0.5) is 13.2 Å². The van der Waals surface area contributed by atoms with Crippen LogP contribution in [0.2, 0.25) is 0 Å². The second-order valence-corrected chi connectivity index (χ2v) is 10.3. The van der Waals surface area contributed by atoms with E-state index in [1.165, 1.54) is 16.9 Å². The standard InChI is InChI=1S/C28H28F3N9O/c1-19(41)39(15-23-16-40(36-35-23)24-6-5-22(12-33)25(10-24)28(29,30)31)18-37-8-2-3-21(13-37)14-38-17-34-26-7-4-20(11-32)9-27(26)38/h4-7,9-10,16-17,19,21,41H,2-3,8,13-15,18H2,1H3. The van der Waals surface area contributed by atoms with Crippen LogP contribution in [0.3, 0.4) is 0 Å². The molecular weight excluding hydrogens is 535 g/mol. The minimum Gasteiger partial charge on any atom is -0.379 e. The average molecular weight is 564 g/mol. The van der Waals surface area contributed by atoms with E-state index in [0.29, 0.717) is 23.8 Å². The first-order chi connectivity index (χ1) is 19.6. The highest BCUT2D eigenvalue weighted by Crippen LogP contribution is 2.33. The van der Waals surface area contributed by atoms with Crippen molar-refractivity contribution >= 4 is 11.0 Å². The van der Waals surface area contributed by atoms with Crippen molar-refractivity contribution in [2.24, 2.45) is 5.92 Å². The maximum Gasteiger partial charge on any atom is 0.417 e. The van der Waals surface area contributed by atoms with Gasteiger partial charge in [0.25, 0.3) is 0 Å². The number of rotatable bonds is 8. The van der Waals surface area contributed by atoms with Gasteiger partial charge in [-0.3, -0.25) is 9.80 Å². The Balaban J connectivity index is 1.25. The number of benzene rings is 2. The van der Waals surface area contributed by atoms with Crippen LogP contribution in [0, 0.1) is 28.6 Å². The number of piperidine rings is 1. The van der Waals surface area contributed by atoms with E-state index in [4.69, 9.17) is 5.26 Å². The highest BCUT2D eigenvalue weighted by atomic mass is 19.4. The number of hydrogen-bond acceptors (Lipinski definition) is 8. The second-order valence-electron chi connectivity index (χ2n) is 10.3. The van der Waals surface area contributed by atoms with Gasteiger partial charge in [-0.05, 0) is 68.6 Å². The van der Waals surface area contributed by atoms with Gasteiger partial charge >= 0.3 is 6.18 Å². The highest BCUT2D eigenvalue weighted by Gasteiger charge is 2.34. The molecule has 0 spiro atoms. The zero-order valence-corrected chi connectivity index (χ0v) is 22.3. The molecule has 1 aliphatic heterocycles. The number of aliphatic hydroxyl groups is 1. The minimum absolute atomic E-state index is 0.131. The van der Waals surface area contributed by atoms with Gasteiger partial charge in [-0.25, -0.2) is 9.67 Å². The molecule has 13 heteroatoms. The quantitative estimate of drug-likeness (QED) is 0.321. The van der Waals surface area contributed by atoms with Crippen molar-refractivity contribution in [2.75, 3.05) is 19.8 Å². The Morgan fingerprint density at radius 3 is 2.73 bits per heavy atom.